The number of anilines is 1. The summed E-state index contributed by atoms with van der Waals surface area (Å²) in [6, 6.07) is 7.96. The predicted molar refractivity (Wildman–Crippen MR) is 113 cm³/mol. The number of hydrogen-bond donors (Lipinski definition) is 0. The molecule has 1 saturated heterocycles. The van der Waals surface area contributed by atoms with Crippen molar-refractivity contribution in [2.24, 2.45) is 0 Å². The maximum Gasteiger partial charge on any atom is 0.410 e. The molecule has 6 nitrogen and oxygen atoms in total. The van der Waals surface area contributed by atoms with Crippen molar-refractivity contribution in [1.29, 1.82) is 0 Å². The van der Waals surface area contributed by atoms with Crippen LogP contribution in [0.15, 0.2) is 24.3 Å². The number of unbranched alkanes of at least 4 members (excludes halogenated alkanes) is 1. The summed E-state index contributed by atoms with van der Waals surface area (Å²) in [5.41, 5.74) is 0.326. The number of rotatable bonds is 5. The van der Waals surface area contributed by atoms with E-state index in [2.05, 4.69) is 21.8 Å². The van der Waals surface area contributed by atoms with Gasteiger partial charge in [0.05, 0.1) is 11.6 Å². The monoisotopic (exact) mass is 404 g/mol. The van der Waals surface area contributed by atoms with Crippen LogP contribution in [0, 0.1) is 0 Å². The van der Waals surface area contributed by atoms with E-state index in [1.165, 1.54) is 0 Å². The van der Waals surface area contributed by atoms with Crippen LogP contribution in [0.2, 0.25) is 5.28 Å². The SMILES string of the molecule is CCCCN(C(=O)OC(C)(C)C)[C@H]1CCN(c2nc(Cl)nc3ccccc23)C1. The first-order valence-corrected chi connectivity index (χ1v) is 10.3. The molecule has 1 aliphatic heterocycles. The Morgan fingerprint density at radius 2 is 2.07 bits per heavy atom. The summed E-state index contributed by atoms with van der Waals surface area (Å²) >= 11 is 6.16. The highest BCUT2D eigenvalue weighted by molar-refractivity contribution is 6.28. The van der Waals surface area contributed by atoms with E-state index in [1.807, 2.05) is 49.9 Å². The van der Waals surface area contributed by atoms with E-state index in [4.69, 9.17) is 16.3 Å². The van der Waals surface area contributed by atoms with Gasteiger partial charge in [0.2, 0.25) is 5.28 Å². The molecule has 0 bridgehead atoms. The molecule has 2 aromatic rings. The molecule has 1 amide bonds. The van der Waals surface area contributed by atoms with Gasteiger partial charge in [-0.1, -0.05) is 25.5 Å². The smallest absolute Gasteiger partial charge is 0.410 e. The molecule has 1 aromatic carbocycles. The molecule has 0 spiro atoms. The zero-order chi connectivity index (χ0) is 20.3. The molecule has 3 rings (SSSR count). The van der Waals surface area contributed by atoms with Gasteiger partial charge in [-0.2, -0.15) is 4.98 Å². The normalized spacial score (nSPS) is 17.2. The molecule has 28 heavy (non-hydrogen) atoms. The molecular formula is C21H29ClN4O2. The number of halogens is 1. The second-order valence-electron chi connectivity index (χ2n) is 8.25. The highest BCUT2D eigenvalue weighted by atomic mass is 35.5. The number of aromatic nitrogens is 2. The van der Waals surface area contributed by atoms with Crippen LogP contribution >= 0.6 is 11.6 Å². The van der Waals surface area contributed by atoms with Gasteiger partial charge >= 0.3 is 6.09 Å². The van der Waals surface area contributed by atoms with Gasteiger partial charge in [-0.05, 0) is 57.3 Å². The third-order valence-electron chi connectivity index (χ3n) is 4.84. The summed E-state index contributed by atoms with van der Waals surface area (Å²) < 4.78 is 5.66. The van der Waals surface area contributed by atoms with Crippen LogP contribution in [-0.4, -0.2) is 52.2 Å². The first-order valence-electron chi connectivity index (χ1n) is 9.95. The fraction of sp³-hybridized carbons (Fsp3) is 0.571. The summed E-state index contributed by atoms with van der Waals surface area (Å²) in [6.45, 7) is 10.1. The maximum absolute atomic E-state index is 12.8. The third-order valence-corrected chi connectivity index (χ3v) is 5.01. The Hall–Kier alpha value is -2.08. The maximum atomic E-state index is 12.8. The number of amides is 1. The fourth-order valence-electron chi connectivity index (χ4n) is 3.53. The minimum atomic E-state index is -0.504. The number of carbonyl (C=O) groups is 1. The summed E-state index contributed by atoms with van der Waals surface area (Å²) in [7, 11) is 0. The number of carbonyl (C=O) groups excluding carboxylic acids is 1. The Morgan fingerprint density at radius 1 is 1.32 bits per heavy atom. The molecule has 1 aliphatic rings. The summed E-state index contributed by atoms with van der Waals surface area (Å²) in [5.74, 6) is 0.831. The van der Waals surface area contributed by atoms with Crippen LogP contribution in [0.25, 0.3) is 10.9 Å². The number of para-hydroxylation sites is 1. The number of hydrogen-bond acceptors (Lipinski definition) is 5. The second-order valence-corrected chi connectivity index (χ2v) is 8.59. The van der Waals surface area contributed by atoms with Crippen molar-refractivity contribution in [3.63, 3.8) is 0 Å². The highest BCUT2D eigenvalue weighted by Crippen LogP contribution is 2.29. The molecule has 1 atom stereocenters. The van der Waals surface area contributed by atoms with Crippen LogP contribution in [0.4, 0.5) is 10.6 Å². The van der Waals surface area contributed by atoms with Crippen molar-refractivity contribution in [1.82, 2.24) is 14.9 Å². The zero-order valence-electron chi connectivity index (χ0n) is 17.1. The number of nitrogens with zero attached hydrogens (tertiary/aromatic N) is 4. The predicted octanol–water partition coefficient (Wildman–Crippen LogP) is 4.90. The van der Waals surface area contributed by atoms with E-state index in [9.17, 15) is 4.79 Å². The summed E-state index contributed by atoms with van der Waals surface area (Å²) in [5, 5.41) is 1.22. The average Bonchev–Trinajstić information content (AvgIpc) is 3.09. The molecule has 1 aromatic heterocycles. The van der Waals surface area contributed by atoms with Crippen molar-refractivity contribution in [3.05, 3.63) is 29.5 Å². The van der Waals surface area contributed by atoms with Crippen LogP contribution in [0.1, 0.15) is 47.0 Å². The Labute approximate surface area is 171 Å². The van der Waals surface area contributed by atoms with Gasteiger partial charge in [-0.15, -0.1) is 0 Å². The second kappa shape index (κ2) is 8.52. The van der Waals surface area contributed by atoms with Gasteiger partial charge in [-0.25, -0.2) is 9.78 Å². The summed E-state index contributed by atoms with van der Waals surface area (Å²) in [4.78, 5) is 25.7. The minimum Gasteiger partial charge on any atom is -0.444 e. The zero-order valence-corrected chi connectivity index (χ0v) is 17.9. The van der Waals surface area contributed by atoms with E-state index in [0.29, 0.717) is 13.1 Å². The molecule has 0 N–H and O–H groups in total. The van der Waals surface area contributed by atoms with Crippen molar-refractivity contribution < 1.29 is 9.53 Å². The molecule has 0 radical (unpaired) electrons. The molecule has 152 valence electrons. The average molecular weight is 405 g/mol. The van der Waals surface area contributed by atoms with Gasteiger partial charge in [-0.3, -0.25) is 0 Å². The van der Waals surface area contributed by atoms with E-state index < -0.39 is 5.60 Å². The first-order chi connectivity index (χ1) is 13.3. The fourth-order valence-corrected chi connectivity index (χ4v) is 3.70. The lowest BCUT2D eigenvalue weighted by Gasteiger charge is -2.31. The first kappa shape index (κ1) is 20.6. The standard InChI is InChI=1S/C21H29ClN4O2/c1-5-6-12-26(20(27)28-21(2,3)4)15-11-13-25(14-15)18-16-9-7-8-10-17(16)23-19(22)24-18/h7-10,15H,5-6,11-14H2,1-4H3/t15-/m0/s1. The van der Waals surface area contributed by atoms with Gasteiger partial charge in [0.1, 0.15) is 11.4 Å². The number of fused-ring (bicyclic) bond motifs is 1. The Morgan fingerprint density at radius 3 is 2.79 bits per heavy atom. The topological polar surface area (TPSA) is 58.6 Å². The summed E-state index contributed by atoms with van der Waals surface area (Å²) in [6.07, 6.45) is 2.62. The largest absolute Gasteiger partial charge is 0.444 e. The third kappa shape index (κ3) is 4.85. The van der Waals surface area contributed by atoms with E-state index in [1.54, 1.807) is 0 Å². The van der Waals surface area contributed by atoms with Gasteiger partial charge in [0.15, 0.2) is 0 Å². The lowest BCUT2D eigenvalue weighted by atomic mass is 10.2. The molecule has 0 saturated carbocycles. The lowest BCUT2D eigenvalue weighted by molar-refractivity contribution is 0.0175. The number of ether oxygens (including phenoxy) is 1. The molecule has 2 heterocycles. The van der Waals surface area contributed by atoms with E-state index in [-0.39, 0.29) is 17.4 Å². The Balaban J connectivity index is 1.81. The molecule has 7 heteroatoms. The van der Waals surface area contributed by atoms with Crippen LogP contribution in [0.3, 0.4) is 0 Å². The molecule has 0 aliphatic carbocycles. The van der Waals surface area contributed by atoms with Crippen molar-refractivity contribution in [3.8, 4) is 0 Å². The van der Waals surface area contributed by atoms with Crippen LogP contribution < -0.4 is 4.90 Å². The lowest BCUT2D eigenvalue weighted by Crippen LogP contribution is -2.45. The van der Waals surface area contributed by atoms with Crippen molar-refractivity contribution >= 4 is 34.4 Å². The Bertz CT molecular complexity index is 837. The van der Waals surface area contributed by atoms with E-state index in [0.717, 1.165) is 42.5 Å². The Kier molecular flexibility index (Phi) is 6.28. The quantitative estimate of drug-likeness (QED) is 0.663. The van der Waals surface area contributed by atoms with Crippen molar-refractivity contribution in [2.75, 3.05) is 24.5 Å². The molecule has 0 unspecified atom stereocenters. The van der Waals surface area contributed by atoms with Crippen LogP contribution in [0.5, 0.6) is 0 Å². The highest BCUT2D eigenvalue weighted by Gasteiger charge is 2.34. The van der Waals surface area contributed by atoms with Gasteiger partial charge in [0.25, 0.3) is 0 Å². The molecular weight excluding hydrogens is 376 g/mol. The van der Waals surface area contributed by atoms with Crippen LogP contribution in [-0.2, 0) is 4.74 Å². The minimum absolute atomic E-state index is 0.0916. The van der Waals surface area contributed by atoms with Gasteiger partial charge < -0.3 is 14.5 Å². The van der Waals surface area contributed by atoms with Crippen molar-refractivity contribution in [2.45, 2.75) is 58.6 Å². The van der Waals surface area contributed by atoms with E-state index >= 15 is 0 Å². The molecule has 1 fully saturated rings. The van der Waals surface area contributed by atoms with Gasteiger partial charge in [0, 0.05) is 25.0 Å². The number of benzene rings is 1.